The molecule has 0 N–H and O–H groups in total. The highest BCUT2D eigenvalue weighted by Gasteiger charge is 2.38. The molecule has 0 spiro atoms. The van der Waals surface area contributed by atoms with Crippen molar-refractivity contribution < 1.29 is 14.3 Å². The number of hydrogen-bond donors (Lipinski definition) is 0. The molecular weight excluding hydrogens is 442 g/mol. The molecule has 1 amide bonds. The van der Waals surface area contributed by atoms with E-state index in [1.54, 1.807) is 17.2 Å². The maximum absolute atomic E-state index is 13.1. The quantitative estimate of drug-likeness (QED) is 0.542. The Bertz CT molecular complexity index is 1280. The van der Waals surface area contributed by atoms with E-state index in [1.807, 2.05) is 67.8 Å². The van der Waals surface area contributed by atoms with Crippen molar-refractivity contribution in [1.29, 1.82) is 0 Å². The number of benzene rings is 1. The van der Waals surface area contributed by atoms with E-state index < -0.39 is 5.60 Å². The maximum atomic E-state index is 13.1. The summed E-state index contributed by atoms with van der Waals surface area (Å²) in [6.07, 6.45) is 2.38. The van der Waals surface area contributed by atoms with E-state index in [0.29, 0.717) is 32.1 Å². The van der Waals surface area contributed by atoms with Gasteiger partial charge in [0.15, 0.2) is 0 Å². The highest BCUT2D eigenvalue weighted by Crippen LogP contribution is 2.37. The van der Waals surface area contributed by atoms with Gasteiger partial charge in [-0.05, 0) is 61.9 Å². The Morgan fingerprint density at radius 3 is 2.60 bits per heavy atom. The van der Waals surface area contributed by atoms with Gasteiger partial charge in [0, 0.05) is 49.6 Å². The van der Waals surface area contributed by atoms with Gasteiger partial charge in [-0.15, -0.1) is 0 Å². The predicted octanol–water partition coefficient (Wildman–Crippen LogP) is 4.84. The molecule has 1 saturated heterocycles. The number of aromatic nitrogens is 2. The molecule has 182 valence electrons. The third kappa shape index (κ3) is 5.24. The Kier molecular flexibility index (Phi) is 6.09. The fraction of sp³-hybridized carbons (Fsp3) is 0.393. The highest BCUT2D eigenvalue weighted by molar-refractivity contribution is 5.69. The first-order valence-corrected chi connectivity index (χ1v) is 12.1. The number of piperidine rings is 1. The summed E-state index contributed by atoms with van der Waals surface area (Å²) < 4.78 is 13.4. The van der Waals surface area contributed by atoms with E-state index in [9.17, 15) is 9.59 Å². The molecule has 2 bridgehead atoms. The lowest BCUT2D eigenvalue weighted by Gasteiger charge is -2.43. The lowest BCUT2D eigenvalue weighted by Crippen LogP contribution is -2.50. The Morgan fingerprint density at radius 2 is 1.83 bits per heavy atom. The minimum atomic E-state index is -0.534. The molecule has 2 aromatic heterocycles. The van der Waals surface area contributed by atoms with Crippen LogP contribution in [0, 0.1) is 5.92 Å². The van der Waals surface area contributed by atoms with Gasteiger partial charge in [-0.1, -0.05) is 30.3 Å². The molecule has 4 heterocycles. The van der Waals surface area contributed by atoms with Gasteiger partial charge in [-0.2, -0.15) is 0 Å². The largest absolute Gasteiger partial charge is 0.473 e. The summed E-state index contributed by atoms with van der Waals surface area (Å²) in [6, 6.07) is 17.5. The molecule has 0 radical (unpaired) electrons. The number of amides is 1. The van der Waals surface area contributed by atoms with Crippen LogP contribution in [0.25, 0.3) is 11.1 Å². The summed E-state index contributed by atoms with van der Waals surface area (Å²) in [4.78, 5) is 32.0. The second-order valence-electron chi connectivity index (χ2n) is 10.5. The third-order valence-electron chi connectivity index (χ3n) is 6.51. The molecule has 2 aliphatic rings. The molecular formula is C28H31N3O4. The molecule has 1 aromatic carbocycles. The first kappa shape index (κ1) is 23.1. The highest BCUT2D eigenvalue weighted by atomic mass is 16.6. The summed E-state index contributed by atoms with van der Waals surface area (Å²) in [5, 5.41) is 0. The molecule has 2 unspecified atom stereocenters. The summed E-state index contributed by atoms with van der Waals surface area (Å²) in [7, 11) is 0. The van der Waals surface area contributed by atoms with Crippen LogP contribution in [-0.2, 0) is 17.9 Å². The van der Waals surface area contributed by atoms with Crippen LogP contribution in [-0.4, -0.2) is 39.2 Å². The Morgan fingerprint density at radius 1 is 1.03 bits per heavy atom. The Labute approximate surface area is 205 Å². The van der Waals surface area contributed by atoms with Crippen LogP contribution in [0.15, 0.2) is 65.6 Å². The molecule has 5 rings (SSSR count). The van der Waals surface area contributed by atoms with Crippen LogP contribution in [0.4, 0.5) is 4.79 Å². The zero-order valence-corrected chi connectivity index (χ0v) is 20.4. The molecule has 1 fully saturated rings. The van der Waals surface area contributed by atoms with Gasteiger partial charge in [0.05, 0.1) is 0 Å². The van der Waals surface area contributed by atoms with Crippen molar-refractivity contribution >= 4 is 6.09 Å². The topological polar surface area (TPSA) is 73.7 Å². The molecule has 0 saturated carbocycles. The average Bonchev–Trinajstić information content (AvgIpc) is 2.83. The van der Waals surface area contributed by atoms with Crippen LogP contribution in [0.3, 0.4) is 0 Å². The van der Waals surface area contributed by atoms with Crippen LogP contribution >= 0.6 is 0 Å². The fourth-order valence-corrected chi connectivity index (χ4v) is 5.00. The molecule has 7 nitrogen and oxygen atoms in total. The van der Waals surface area contributed by atoms with Crippen molar-refractivity contribution in [2.75, 3.05) is 13.1 Å². The second-order valence-corrected chi connectivity index (χ2v) is 10.5. The number of carbonyl (C=O) groups excluding carboxylic acids is 1. The van der Waals surface area contributed by atoms with Gasteiger partial charge in [0.2, 0.25) is 5.88 Å². The minimum Gasteiger partial charge on any atom is -0.473 e. The fourth-order valence-electron chi connectivity index (χ4n) is 5.00. The van der Waals surface area contributed by atoms with Crippen molar-refractivity contribution in [3.05, 3.63) is 82.4 Å². The van der Waals surface area contributed by atoms with Gasteiger partial charge in [0.1, 0.15) is 12.2 Å². The number of hydrogen-bond acceptors (Lipinski definition) is 5. The smallest absolute Gasteiger partial charge is 0.410 e. The third-order valence-corrected chi connectivity index (χ3v) is 6.51. The Hall–Kier alpha value is -3.61. The lowest BCUT2D eigenvalue weighted by molar-refractivity contribution is 0.0102. The molecule has 2 atom stereocenters. The number of likely N-dealkylation sites (tertiary alicyclic amines) is 1. The van der Waals surface area contributed by atoms with Gasteiger partial charge in [0.25, 0.3) is 5.56 Å². The number of rotatable bonds is 4. The summed E-state index contributed by atoms with van der Waals surface area (Å²) in [5.41, 5.74) is 3.20. The van der Waals surface area contributed by atoms with Crippen molar-refractivity contribution in [2.24, 2.45) is 5.92 Å². The van der Waals surface area contributed by atoms with Gasteiger partial charge < -0.3 is 18.9 Å². The minimum absolute atomic E-state index is 0.0125. The van der Waals surface area contributed by atoms with Crippen molar-refractivity contribution in [3.8, 4) is 17.0 Å². The van der Waals surface area contributed by atoms with E-state index in [-0.39, 0.29) is 23.5 Å². The first-order chi connectivity index (χ1) is 16.7. The average molecular weight is 474 g/mol. The van der Waals surface area contributed by atoms with E-state index in [4.69, 9.17) is 9.47 Å². The number of ether oxygens (including phenoxy) is 2. The predicted molar refractivity (Wildman–Crippen MR) is 133 cm³/mol. The molecule has 0 aliphatic carbocycles. The van der Waals surface area contributed by atoms with E-state index in [0.717, 1.165) is 28.8 Å². The number of nitrogens with zero attached hydrogens (tertiary/aromatic N) is 3. The molecule has 3 aromatic rings. The standard InChI is InChI=1S/C28H31N3O4/c1-28(2,3)35-27(33)30-15-20-11-23(17-30)24-12-22(14-26(32)31(24)16-20)21-9-10-29-25(13-21)34-18-19-7-5-4-6-8-19/h4-10,12-14,20,23H,11,15-18H2,1-3H3. The van der Waals surface area contributed by atoms with E-state index in [1.165, 1.54) is 0 Å². The first-order valence-electron chi connectivity index (χ1n) is 12.1. The Balaban J connectivity index is 1.38. The van der Waals surface area contributed by atoms with Crippen molar-refractivity contribution in [1.82, 2.24) is 14.5 Å². The monoisotopic (exact) mass is 473 g/mol. The number of carbonyl (C=O) groups is 1. The zero-order chi connectivity index (χ0) is 24.6. The second kappa shape index (κ2) is 9.21. The molecule has 2 aliphatic heterocycles. The van der Waals surface area contributed by atoms with E-state index >= 15 is 0 Å². The normalized spacial score (nSPS) is 19.1. The zero-order valence-electron chi connectivity index (χ0n) is 20.4. The van der Waals surface area contributed by atoms with Crippen molar-refractivity contribution in [3.63, 3.8) is 0 Å². The summed E-state index contributed by atoms with van der Waals surface area (Å²) in [5.74, 6) is 0.854. The van der Waals surface area contributed by atoms with Crippen LogP contribution < -0.4 is 10.3 Å². The van der Waals surface area contributed by atoms with Gasteiger partial charge in [-0.25, -0.2) is 9.78 Å². The van der Waals surface area contributed by atoms with Crippen molar-refractivity contribution in [2.45, 2.75) is 51.9 Å². The maximum Gasteiger partial charge on any atom is 0.410 e. The SMILES string of the molecule is CC(C)(C)OC(=O)N1CC2CC(C1)c1cc(-c3ccnc(OCc4ccccc4)c3)cc(=O)n1C2. The van der Waals surface area contributed by atoms with Crippen LogP contribution in [0.5, 0.6) is 5.88 Å². The molecule has 7 heteroatoms. The van der Waals surface area contributed by atoms with E-state index in [2.05, 4.69) is 11.1 Å². The van der Waals surface area contributed by atoms with Crippen LogP contribution in [0.2, 0.25) is 0 Å². The molecule has 35 heavy (non-hydrogen) atoms. The summed E-state index contributed by atoms with van der Waals surface area (Å²) >= 11 is 0. The van der Waals surface area contributed by atoms with Crippen LogP contribution in [0.1, 0.15) is 44.4 Å². The number of fused-ring (bicyclic) bond motifs is 4. The number of pyridine rings is 2. The lowest BCUT2D eigenvalue weighted by atomic mass is 9.82. The van der Waals surface area contributed by atoms with Gasteiger partial charge >= 0.3 is 6.09 Å². The van der Waals surface area contributed by atoms with Gasteiger partial charge in [-0.3, -0.25) is 4.79 Å². The summed E-state index contributed by atoms with van der Waals surface area (Å²) in [6.45, 7) is 7.85.